The Morgan fingerprint density at radius 3 is 2.68 bits per heavy atom. The number of anilines is 1. The van der Waals surface area contributed by atoms with Gasteiger partial charge in [-0.25, -0.2) is 4.39 Å². The maximum atomic E-state index is 13.9. The van der Waals surface area contributed by atoms with E-state index in [9.17, 15) is 14.0 Å². The molecule has 1 atom stereocenters. The van der Waals surface area contributed by atoms with Crippen LogP contribution in [0.5, 0.6) is 11.5 Å². The third-order valence-electron chi connectivity index (χ3n) is 5.26. The van der Waals surface area contributed by atoms with E-state index in [1.165, 1.54) is 36.3 Å². The number of ether oxygens (including phenoxy) is 2. The number of halogens is 1. The summed E-state index contributed by atoms with van der Waals surface area (Å²) in [5, 5.41) is 2.98. The number of nitrogens with one attached hydrogen (secondary N) is 1. The summed E-state index contributed by atoms with van der Waals surface area (Å²) in [5.41, 5.74) is 1.11. The third kappa shape index (κ3) is 5.23. The highest BCUT2D eigenvalue weighted by Crippen LogP contribution is 2.33. The van der Waals surface area contributed by atoms with Crippen molar-refractivity contribution in [2.75, 3.05) is 18.6 Å². The normalized spacial score (nSPS) is 15.5. The number of hydrogen-bond donors (Lipinski definition) is 1. The Bertz CT molecular complexity index is 972. The Labute approximate surface area is 181 Å². The van der Waals surface area contributed by atoms with Gasteiger partial charge in [-0.1, -0.05) is 32.0 Å². The van der Waals surface area contributed by atoms with Crippen molar-refractivity contribution in [2.24, 2.45) is 0 Å². The minimum Gasteiger partial charge on any atom is -0.494 e. The predicted octanol–water partition coefficient (Wildman–Crippen LogP) is 3.95. The Hall–Kier alpha value is -3.35. The van der Waals surface area contributed by atoms with Crippen LogP contribution < -0.4 is 19.7 Å². The Balaban J connectivity index is 1.80. The van der Waals surface area contributed by atoms with Crippen molar-refractivity contribution < 1.29 is 23.5 Å². The van der Waals surface area contributed by atoms with E-state index in [-0.39, 0.29) is 30.2 Å². The lowest BCUT2D eigenvalue weighted by atomic mass is 10.1. The SMILES string of the molecule is CCC(CC)NC(=O)C1CN(C(=O)/C=C/c2ccc(OC)c(F)c2)c2ccccc2O1. The highest BCUT2D eigenvalue weighted by Gasteiger charge is 2.33. The molecule has 164 valence electrons. The molecule has 0 radical (unpaired) electrons. The molecule has 3 rings (SSSR count). The average Bonchev–Trinajstić information content (AvgIpc) is 2.80. The second-order valence-corrected chi connectivity index (χ2v) is 7.27. The maximum Gasteiger partial charge on any atom is 0.263 e. The average molecular weight is 426 g/mol. The second-order valence-electron chi connectivity index (χ2n) is 7.27. The molecule has 0 saturated carbocycles. The molecular weight excluding hydrogens is 399 g/mol. The fraction of sp³-hybridized carbons (Fsp3) is 0.333. The van der Waals surface area contributed by atoms with Crippen LogP contribution >= 0.6 is 0 Å². The fourth-order valence-electron chi connectivity index (χ4n) is 3.41. The van der Waals surface area contributed by atoms with Gasteiger partial charge in [0.1, 0.15) is 5.75 Å². The molecule has 1 heterocycles. The molecule has 0 aliphatic carbocycles. The van der Waals surface area contributed by atoms with Crippen molar-refractivity contribution in [3.8, 4) is 11.5 Å². The van der Waals surface area contributed by atoms with E-state index < -0.39 is 11.9 Å². The summed E-state index contributed by atoms with van der Waals surface area (Å²) in [6.07, 6.45) is 3.71. The molecule has 0 spiro atoms. The number of hydrogen-bond acceptors (Lipinski definition) is 4. The molecule has 6 nitrogen and oxygen atoms in total. The van der Waals surface area contributed by atoms with Crippen molar-refractivity contribution >= 4 is 23.6 Å². The van der Waals surface area contributed by atoms with Gasteiger partial charge in [-0.15, -0.1) is 0 Å². The van der Waals surface area contributed by atoms with E-state index in [0.717, 1.165) is 12.8 Å². The molecule has 31 heavy (non-hydrogen) atoms. The highest BCUT2D eigenvalue weighted by molar-refractivity contribution is 6.05. The summed E-state index contributed by atoms with van der Waals surface area (Å²) in [6.45, 7) is 4.10. The van der Waals surface area contributed by atoms with Crippen LogP contribution in [0.1, 0.15) is 32.3 Å². The van der Waals surface area contributed by atoms with Gasteiger partial charge in [0.15, 0.2) is 17.7 Å². The van der Waals surface area contributed by atoms with Crippen LogP contribution in [0.15, 0.2) is 48.5 Å². The Morgan fingerprint density at radius 2 is 2.00 bits per heavy atom. The van der Waals surface area contributed by atoms with Gasteiger partial charge in [-0.05, 0) is 48.7 Å². The first-order valence-corrected chi connectivity index (χ1v) is 10.4. The van der Waals surface area contributed by atoms with Gasteiger partial charge >= 0.3 is 0 Å². The maximum absolute atomic E-state index is 13.9. The largest absolute Gasteiger partial charge is 0.494 e. The number of fused-ring (bicyclic) bond motifs is 1. The zero-order valence-corrected chi connectivity index (χ0v) is 17.9. The Morgan fingerprint density at radius 1 is 1.26 bits per heavy atom. The first kappa shape index (κ1) is 22.3. The van der Waals surface area contributed by atoms with Crippen molar-refractivity contribution in [2.45, 2.75) is 38.8 Å². The first-order valence-electron chi connectivity index (χ1n) is 10.4. The van der Waals surface area contributed by atoms with Gasteiger partial charge < -0.3 is 19.7 Å². The molecule has 1 unspecified atom stereocenters. The van der Waals surface area contributed by atoms with E-state index in [0.29, 0.717) is 17.0 Å². The molecule has 1 N–H and O–H groups in total. The van der Waals surface area contributed by atoms with Crippen LogP contribution in [0, 0.1) is 5.82 Å². The molecule has 0 aromatic heterocycles. The third-order valence-corrected chi connectivity index (χ3v) is 5.26. The predicted molar refractivity (Wildman–Crippen MR) is 118 cm³/mol. The van der Waals surface area contributed by atoms with Crippen LogP contribution in [0.2, 0.25) is 0 Å². The van der Waals surface area contributed by atoms with Crippen molar-refractivity contribution in [3.05, 3.63) is 59.9 Å². The van der Waals surface area contributed by atoms with Gasteiger partial charge in [0.05, 0.1) is 19.3 Å². The second kappa shape index (κ2) is 10.1. The number of carbonyl (C=O) groups excluding carboxylic acids is 2. The molecule has 0 saturated heterocycles. The molecule has 0 fully saturated rings. The van der Waals surface area contributed by atoms with E-state index >= 15 is 0 Å². The molecule has 0 bridgehead atoms. The quantitative estimate of drug-likeness (QED) is 0.681. The number of rotatable bonds is 7. The number of benzene rings is 2. The molecular formula is C24H27FN2O4. The minimum atomic E-state index is -0.814. The molecule has 7 heteroatoms. The van der Waals surface area contributed by atoms with Crippen LogP contribution in [-0.2, 0) is 9.59 Å². The lowest BCUT2D eigenvalue weighted by molar-refractivity contribution is -0.129. The first-order chi connectivity index (χ1) is 15.0. The standard InChI is InChI=1S/C24H27FN2O4/c1-4-17(5-2)26-24(29)22-15-27(19-8-6-7-9-21(19)31-22)23(28)13-11-16-10-12-20(30-3)18(25)14-16/h6-14,17,22H,4-5,15H2,1-3H3,(H,26,29)/b13-11+. The van der Waals surface area contributed by atoms with Gasteiger partial charge in [0, 0.05) is 12.1 Å². The summed E-state index contributed by atoms with van der Waals surface area (Å²) in [6, 6.07) is 11.6. The van der Waals surface area contributed by atoms with Crippen molar-refractivity contribution in [1.82, 2.24) is 5.32 Å². The number of para-hydroxylation sites is 2. The summed E-state index contributed by atoms with van der Waals surface area (Å²) in [7, 11) is 1.39. The van der Waals surface area contributed by atoms with Crippen molar-refractivity contribution in [3.63, 3.8) is 0 Å². The minimum absolute atomic E-state index is 0.0577. The van der Waals surface area contributed by atoms with Gasteiger partial charge in [-0.3, -0.25) is 9.59 Å². The van der Waals surface area contributed by atoms with E-state index in [2.05, 4.69) is 5.32 Å². The zero-order valence-electron chi connectivity index (χ0n) is 17.9. The number of nitrogens with zero attached hydrogens (tertiary/aromatic N) is 1. The number of amides is 2. The highest BCUT2D eigenvalue weighted by atomic mass is 19.1. The van der Waals surface area contributed by atoms with Gasteiger partial charge in [0.2, 0.25) is 0 Å². The van der Waals surface area contributed by atoms with Gasteiger partial charge in [0.25, 0.3) is 11.8 Å². The summed E-state index contributed by atoms with van der Waals surface area (Å²) in [5.74, 6) is -0.478. The lowest BCUT2D eigenvalue weighted by Crippen LogP contribution is -2.52. The van der Waals surface area contributed by atoms with E-state index in [1.807, 2.05) is 13.8 Å². The topological polar surface area (TPSA) is 67.9 Å². The molecule has 2 amide bonds. The molecule has 1 aliphatic rings. The summed E-state index contributed by atoms with van der Waals surface area (Å²) >= 11 is 0. The van der Waals surface area contributed by atoms with E-state index in [4.69, 9.17) is 9.47 Å². The zero-order chi connectivity index (χ0) is 22.4. The number of methoxy groups -OCH3 is 1. The van der Waals surface area contributed by atoms with Crippen LogP contribution in [0.4, 0.5) is 10.1 Å². The number of carbonyl (C=O) groups is 2. The lowest BCUT2D eigenvalue weighted by Gasteiger charge is -2.34. The Kier molecular flexibility index (Phi) is 7.28. The molecule has 2 aromatic rings. The van der Waals surface area contributed by atoms with Crippen molar-refractivity contribution in [1.29, 1.82) is 0 Å². The smallest absolute Gasteiger partial charge is 0.263 e. The monoisotopic (exact) mass is 426 g/mol. The molecule has 1 aliphatic heterocycles. The summed E-state index contributed by atoms with van der Waals surface area (Å²) in [4.78, 5) is 27.2. The van der Waals surface area contributed by atoms with Gasteiger partial charge in [-0.2, -0.15) is 0 Å². The fourth-order valence-corrected chi connectivity index (χ4v) is 3.41. The van der Waals surface area contributed by atoms with Crippen LogP contribution in [0.25, 0.3) is 6.08 Å². The molecule has 2 aromatic carbocycles. The van der Waals surface area contributed by atoms with Crippen LogP contribution in [0.3, 0.4) is 0 Å². The van der Waals surface area contributed by atoms with Crippen LogP contribution in [-0.4, -0.2) is 37.6 Å². The van der Waals surface area contributed by atoms with E-state index in [1.54, 1.807) is 30.3 Å². The summed E-state index contributed by atoms with van der Waals surface area (Å²) < 4.78 is 24.7.